The zero-order chi connectivity index (χ0) is 21.4. The number of carbonyl (C=O) groups is 4. The molecule has 1 unspecified atom stereocenters. The molecule has 4 N–H and O–H groups in total. The van der Waals surface area contributed by atoms with Crippen LogP contribution in [0.2, 0.25) is 0 Å². The molecule has 0 fully saturated rings. The van der Waals surface area contributed by atoms with Gasteiger partial charge < -0.3 is 15.8 Å². The van der Waals surface area contributed by atoms with Crippen molar-refractivity contribution in [3.05, 3.63) is 59.7 Å². The lowest BCUT2D eigenvalue weighted by atomic mass is 10.2. The number of aryl methyl sites for hydroxylation is 1. The third-order valence-electron chi connectivity index (χ3n) is 3.70. The van der Waals surface area contributed by atoms with E-state index in [0.29, 0.717) is 10.6 Å². The highest BCUT2D eigenvalue weighted by Gasteiger charge is 2.22. The maximum absolute atomic E-state index is 12.4. The van der Waals surface area contributed by atoms with Crippen molar-refractivity contribution in [3.8, 4) is 0 Å². The summed E-state index contributed by atoms with van der Waals surface area (Å²) in [6.07, 6.45) is -1.21. The molecule has 0 aliphatic heterocycles. The summed E-state index contributed by atoms with van der Waals surface area (Å²) in [6.45, 7) is 3.27. The molecule has 2 rings (SSSR count). The lowest BCUT2D eigenvalue weighted by Gasteiger charge is -2.14. The van der Waals surface area contributed by atoms with Crippen molar-refractivity contribution >= 4 is 41.3 Å². The Morgan fingerprint density at radius 2 is 1.72 bits per heavy atom. The van der Waals surface area contributed by atoms with Crippen LogP contribution >= 0.6 is 11.8 Å². The van der Waals surface area contributed by atoms with Gasteiger partial charge in [0.2, 0.25) is 5.91 Å². The fourth-order valence-electron chi connectivity index (χ4n) is 2.24. The van der Waals surface area contributed by atoms with Gasteiger partial charge in [-0.05, 0) is 38.1 Å². The van der Waals surface area contributed by atoms with Gasteiger partial charge in [0.25, 0.3) is 5.91 Å². The zero-order valence-corrected chi connectivity index (χ0v) is 16.7. The number of thioether (sulfide) groups is 1. The summed E-state index contributed by atoms with van der Waals surface area (Å²) in [5.74, 6) is -1.72. The van der Waals surface area contributed by atoms with Crippen molar-refractivity contribution in [2.45, 2.75) is 24.8 Å². The van der Waals surface area contributed by atoms with Gasteiger partial charge in [-0.3, -0.25) is 14.9 Å². The summed E-state index contributed by atoms with van der Waals surface area (Å²) in [4.78, 5) is 47.5. The monoisotopic (exact) mass is 415 g/mol. The lowest BCUT2D eigenvalue weighted by Crippen LogP contribution is -2.42. The zero-order valence-electron chi connectivity index (χ0n) is 15.9. The number of hydrogen-bond donors (Lipinski definition) is 3. The van der Waals surface area contributed by atoms with Gasteiger partial charge in [0.15, 0.2) is 6.10 Å². The first-order valence-electron chi connectivity index (χ1n) is 8.66. The van der Waals surface area contributed by atoms with E-state index in [9.17, 15) is 19.2 Å². The molecule has 1 atom stereocenters. The van der Waals surface area contributed by atoms with Crippen molar-refractivity contribution in [1.29, 1.82) is 0 Å². The molecule has 0 aliphatic carbocycles. The standard InChI is InChI=1S/C20H21N3O5S/c1-12-7-9-14(10-8-12)22-17(24)11-29-16-6-4-3-5-15(16)19(26)28-13(2)18(25)23-20(21)27/h3-10,13H,11H2,1-2H3,(H,22,24)(H3,21,23,25,27). The number of anilines is 1. The molecule has 9 heteroatoms. The Bertz CT molecular complexity index is 915. The molecule has 29 heavy (non-hydrogen) atoms. The quantitative estimate of drug-likeness (QED) is 0.471. The van der Waals surface area contributed by atoms with Crippen molar-refractivity contribution < 1.29 is 23.9 Å². The Kier molecular flexibility index (Phi) is 7.79. The van der Waals surface area contributed by atoms with E-state index in [2.05, 4.69) is 5.32 Å². The van der Waals surface area contributed by atoms with Crippen LogP contribution in [0, 0.1) is 6.92 Å². The molecule has 0 heterocycles. The minimum atomic E-state index is -1.21. The fourth-order valence-corrected chi connectivity index (χ4v) is 3.08. The van der Waals surface area contributed by atoms with E-state index < -0.39 is 24.0 Å². The minimum absolute atomic E-state index is 0.0793. The number of esters is 1. The SMILES string of the molecule is Cc1ccc(NC(=O)CSc2ccccc2C(=O)OC(C)C(=O)NC(N)=O)cc1. The molecule has 2 aromatic carbocycles. The molecule has 0 aromatic heterocycles. The van der Waals surface area contributed by atoms with Crippen LogP contribution in [0.4, 0.5) is 10.5 Å². The van der Waals surface area contributed by atoms with Crippen LogP contribution in [0.1, 0.15) is 22.8 Å². The molecule has 8 nitrogen and oxygen atoms in total. The molecule has 0 aliphatic rings. The van der Waals surface area contributed by atoms with Crippen molar-refractivity contribution in [3.63, 3.8) is 0 Å². The van der Waals surface area contributed by atoms with Crippen LogP contribution in [-0.2, 0) is 14.3 Å². The number of nitrogens with one attached hydrogen (secondary N) is 2. The number of benzene rings is 2. The number of urea groups is 1. The van der Waals surface area contributed by atoms with E-state index in [-0.39, 0.29) is 17.2 Å². The average molecular weight is 415 g/mol. The molecule has 152 valence electrons. The van der Waals surface area contributed by atoms with Gasteiger partial charge in [-0.25, -0.2) is 9.59 Å². The summed E-state index contributed by atoms with van der Waals surface area (Å²) in [7, 11) is 0. The van der Waals surface area contributed by atoms with E-state index in [1.165, 1.54) is 13.0 Å². The van der Waals surface area contributed by atoms with Gasteiger partial charge in [0, 0.05) is 10.6 Å². The second-order valence-corrected chi connectivity index (χ2v) is 7.12. The molecule has 0 spiro atoms. The van der Waals surface area contributed by atoms with Crippen LogP contribution in [0.5, 0.6) is 0 Å². The number of carbonyl (C=O) groups excluding carboxylic acids is 4. The average Bonchev–Trinajstić information content (AvgIpc) is 2.67. The van der Waals surface area contributed by atoms with Gasteiger partial charge in [0.05, 0.1) is 11.3 Å². The summed E-state index contributed by atoms with van der Waals surface area (Å²) in [5.41, 5.74) is 6.85. The predicted octanol–water partition coefficient (Wildman–Crippen LogP) is 2.47. The molecular weight excluding hydrogens is 394 g/mol. The second-order valence-electron chi connectivity index (χ2n) is 6.10. The van der Waals surface area contributed by atoms with Gasteiger partial charge in [-0.2, -0.15) is 0 Å². The molecule has 0 radical (unpaired) electrons. The van der Waals surface area contributed by atoms with Crippen LogP contribution in [0.15, 0.2) is 53.4 Å². The minimum Gasteiger partial charge on any atom is -0.449 e. The second kappa shape index (κ2) is 10.3. The number of ether oxygens (including phenoxy) is 1. The Hall–Kier alpha value is -3.33. The first-order valence-corrected chi connectivity index (χ1v) is 9.64. The normalized spacial score (nSPS) is 11.2. The molecule has 0 bridgehead atoms. The van der Waals surface area contributed by atoms with Crippen LogP contribution < -0.4 is 16.4 Å². The maximum Gasteiger partial charge on any atom is 0.340 e. The number of rotatable bonds is 7. The van der Waals surface area contributed by atoms with Crippen molar-refractivity contribution in [2.75, 3.05) is 11.1 Å². The number of hydrogen-bond acceptors (Lipinski definition) is 6. The summed E-state index contributed by atoms with van der Waals surface area (Å²) in [6, 6.07) is 12.9. The molecule has 0 saturated heterocycles. The Morgan fingerprint density at radius 3 is 2.38 bits per heavy atom. The van der Waals surface area contributed by atoms with E-state index in [0.717, 1.165) is 17.3 Å². The Labute approximate surface area is 172 Å². The highest BCUT2D eigenvalue weighted by atomic mass is 32.2. The van der Waals surface area contributed by atoms with Crippen LogP contribution in [-0.4, -0.2) is 35.7 Å². The predicted molar refractivity (Wildman–Crippen MR) is 110 cm³/mol. The van der Waals surface area contributed by atoms with E-state index in [4.69, 9.17) is 10.5 Å². The first-order chi connectivity index (χ1) is 13.8. The number of amides is 4. The smallest absolute Gasteiger partial charge is 0.340 e. The first kappa shape index (κ1) is 22.0. The van der Waals surface area contributed by atoms with Crippen molar-refractivity contribution in [1.82, 2.24) is 5.32 Å². The fraction of sp³-hybridized carbons (Fsp3) is 0.200. The van der Waals surface area contributed by atoms with Gasteiger partial charge in [-0.1, -0.05) is 29.8 Å². The number of nitrogens with two attached hydrogens (primary N) is 1. The number of primary amides is 1. The lowest BCUT2D eigenvalue weighted by molar-refractivity contribution is -0.127. The van der Waals surface area contributed by atoms with Gasteiger partial charge in [-0.15, -0.1) is 11.8 Å². The third kappa shape index (κ3) is 6.96. The Balaban J connectivity index is 1.97. The number of imide groups is 1. The highest BCUT2D eigenvalue weighted by Crippen LogP contribution is 2.24. The van der Waals surface area contributed by atoms with Crippen LogP contribution in [0.3, 0.4) is 0 Å². The summed E-state index contributed by atoms with van der Waals surface area (Å²) >= 11 is 1.16. The van der Waals surface area contributed by atoms with Crippen molar-refractivity contribution in [2.24, 2.45) is 5.73 Å². The molecule has 4 amide bonds. The van der Waals surface area contributed by atoms with E-state index in [1.807, 2.05) is 36.5 Å². The summed E-state index contributed by atoms with van der Waals surface area (Å²) < 4.78 is 5.08. The molecule has 0 saturated carbocycles. The Morgan fingerprint density at radius 1 is 1.07 bits per heavy atom. The van der Waals surface area contributed by atoms with Gasteiger partial charge >= 0.3 is 12.0 Å². The van der Waals surface area contributed by atoms with Crippen LogP contribution in [0.25, 0.3) is 0 Å². The third-order valence-corrected chi connectivity index (χ3v) is 4.77. The van der Waals surface area contributed by atoms with Gasteiger partial charge in [0.1, 0.15) is 0 Å². The topological polar surface area (TPSA) is 128 Å². The largest absolute Gasteiger partial charge is 0.449 e. The summed E-state index contributed by atoms with van der Waals surface area (Å²) in [5, 5.41) is 4.63. The van der Waals surface area contributed by atoms with E-state index >= 15 is 0 Å². The van der Waals surface area contributed by atoms with E-state index in [1.54, 1.807) is 18.2 Å². The maximum atomic E-state index is 12.4. The highest BCUT2D eigenvalue weighted by molar-refractivity contribution is 8.00. The molecule has 2 aromatic rings. The molecular formula is C20H21N3O5S.